The number of H-pyrrole nitrogens is 1. The molecule has 17 heavy (non-hydrogen) atoms. The van der Waals surface area contributed by atoms with Crippen molar-refractivity contribution >= 4 is 0 Å². The van der Waals surface area contributed by atoms with Gasteiger partial charge in [-0.2, -0.15) is 0 Å². The molecule has 0 fully saturated rings. The number of benzene rings is 1. The number of aromatic nitrogens is 1. The van der Waals surface area contributed by atoms with E-state index in [9.17, 15) is 4.79 Å². The van der Waals surface area contributed by atoms with E-state index in [1.54, 1.807) is 6.20 Å². The van der Waals surface area contributed by atoms with E-state index in [1.165, 1.54) is 5.56 Å². The Bertz CT molecular complexity index is 558. The van der Waals surface area contributed by atoms with Gasteiger partial charge in [0, 0.05) is 11.8 Å². The number of aromatic amines is 1. The van der Waals surface area contributed by atoms with Gasteiger partial charge < -0.3 is 4.98 Å². The predicted octanol–water partition coefficient (Wildman–Crippen LogP) is 3.34. The molecule has 1 aromatic heterocycles. The Hall–Kier alpha value is -1.83. The van der Waals surface area contributed by atoms with Crippen molar-refractivity contribution in [2.24, 2.45) is 0 Å². The lowest BCUT2D eigenvalue weighted by Crippen LogP contribution is -2.11. The van der Waals surface area contributed by atoms with E-state index in [2.05, 4.69) is 37.9 Å². The summed E-state index contributed by atoms with van der Waals surface area (Å²) in [6.07, 6.45) is 1.65. The van der Waals surface area contributed by atoms with Crippen LogP contribution in [-0.4, -0.2) is 4.98 Å². The Labute approximate surface area is 101 Å². The number of pyridine rings is 1. The summed E-state index contributed by atoms with van der Waals surface area (Å²) in [5.74, 6) is 0. The van der Waals surface area contributed by atoms with Crippen LogP contribution in [0.1, 0.15) is 26.3 Å². The van der Waals surface area contributed by atoms with Gasteiger partial charge in [-0.25, -0.2) is 0 Å². The van der Waals surface area contributed by atoms with Gasteiger partial charge in [0.2, 0.25) is 0 Å². The molecule has 0 unspecified atom stereocenters. The van der Waals surface area contributed by atoms with Crippen LogP contribution >= 0.6 is 0 Å². The monoisotopic (exact) mass is 227 g/mol. The van der Waals surface area contributed by atoms with Crippen molar-refractivity contribution in [1.82, 2.24) is 4.98 Å². The number of hydrogen-bond donors (Lipinski definition) is 1. The summed E-state index contributed by atoms with van der Waals surface area (Å²) >= 11 is 0. The van der Waals surface area contributed by atoms with Gasteiger partial charge in [-0.3, -0.25) is 4.79 Å². The summed E-state index contributed by atoms with van der Waals surface area (Å²) in [7, 11) is 0. The molecule has 1 heterocycles. The van der Waals surface area contributed by atoms with Crippen LogP contribution in [0, 0.1) is 0 Å². The fourth-order valence-electron chi connectivity index (χ4n) is 1.80. The molecule has 0 radical (unpaired) electrons. The molecule has 88 valence electrons. The first-order chi connectivity index (χ1) is 7.98. The van der Waals surface area contributed by atoms with Crippen LogP contribution in [0.3, 0.4) is 0 Å². The van der Waals surface area contributed by atoms with Crippen molar-refractivity contribution in [2.45, 2.75) is 26.2 Å². The zero-order valence-electron chi connectivity index (χ0n) is 10.4. The van der Waals surface area contributed by atoms with Gasteiger partial charge in [-0.15, -0.1) is 0 Å². The van der Waals surface area contributed by atoms with Gasteiger partial charge in [-0.1, -0.05) is 45.0 Å². The zero-order chi connectivity index (χ0) is 12.5. The normalized spacial score (nSPS) is 11.5. The molecule has 1 N–H and O–H groups in total. The summed E-state index contributed by atoms with van der Waals surface area (Å²) in [6, 6.07) is 11.9. The minimum absolute atomic E-state index is 0.0454. The van der Waals surface area contributed by atoms with E-state index in [1.807, 2.05) is 24.3 Å². The average Bonchev–Trinajstić information content (AvgIpc) is 2.29. The molecule has 0 saturated heterocycles. The van der Waals surface area contributed by atoms with Crippen LogP contribution in [0.5, 0.6) is 0 Å². The molecule has 0 aliphatic carbocycles. The molecular weight excluding hydrogens is 210 g/mol. The lowest BCUT2D eigenvalue weighted by molar-refractivity contribution is 0.590. The summed E-state index contributed by atoms with van der Waals surface area (Å²) in [6.45, 7) is 6.53. The van der Waals surface area contributed by atoms with Crippen molar-refractivity contribution in [2.75, 3.05) is 0 Å². The Morgan fingerprint density at radius 2 is 1.65 bits per heavy atom. The van der Waals surface area contributed by atoms with Crippen molar-refractivity contribution in [3.05, 3.63) is 58.5 Å². The van der Waals surface area contributed by atoms with Crippen LogP contribution in [0.25, 0.3) is 11.1 Å². The molecule has 0 aliphatic rings. The van der Waals surface area contributed by atoms with Crippen LogP contribution in [-0.2, 0) is 5.41 Å². The van der Waals surface area contributed by atoms with E-state index in [-0.39, 0.29) is 11.0 Å². The fraction of sp³-hybridized carbons (Fsp3) is 0.267. The second kappa shape index (κ2) is 4.21. The van der Waals surface area contributed by atoms with Gasteiger partial charge >= 0.3 is 0 Å². The summed E-state index contributed by atoms with van der Waals surface area (Å²) in [4.78, 5) is 14.3. The molecule has 1 aromatic carbocycles. The highest BCUT2D eigenvalue weighted by molar-refractivity contribution is 5.62. The average molecular weight is 227 g/mol. The second-order valence-electron chi connectivity index (χ2n) is 5.24. The second-order valence-corrected chi connectivity index (χ2v) is 5.24. The Balaban J connectivity index is 2.44. The summed E-state index contributed by atoms with van der Waals surface area (Å²) < 4.78 is 0. The maximum absolute atomic E-state index is 11.6. The Morgan fingerprint density at radius 3 is 2.18 bits per heavy atom. The highest BCUT2D eigenvalue weighted by Crippen LogP contribution is 2.24. The standard InChI is InChI=1S/C15H17NO/c1-15(2,3)12-8-6-11(7-9-12)13-5-4-10-16-14(13)17/h4-10H,1-3H3,(H,16,17). The molecule has 2 heteroatoms. The molecule has 0 spiro atoms. The van der Waals surface area contributed by atoms with Crippen molar-refractivity contribution in [1.29, 1.82) is 0 Å². The number of nitrogens with one attached hydrogen (secondary N) is 1. The molecule has 0 aliphatic heterocycles. The SMILES string of the molecule is CC(C)(C)c1ccc(-c2ccc[nH]c2=O)cc1. The van der Waals surface area contributed by atoms with Crippen LogP contribution in [0.4, 0.5) is 0 Å². The topological polar surface area (TPSA) is 32.9 Å². The number of hydrogen-bond acceptors (Lipinski definition) is 1. The number of rotatable bonds is 1. The Morgan fingerprint density at radius 1 is 1.00 bits per heavy atom. The first kappa shape index (κ1) is 11.6. The van der Waals surface area contributed by atoms with E-state index < -0.39 is 0 Å². The minimum atomic E-state index is -0.0454. The maximum atomic E-state index is 11.6. The zero-order valence-corrected chi connectivity index (χ0v) is 10.4. The van der Waals surface area contributed by atoms with Crippen molar-refractivity contribution < 1.29 is 0 Å². The highest BCUT2D eigenvalue weighted by Gasteiger charge is 2.13. The van der Waals surface area contributed by atoms with Crippen LogP contribution < -0.4 is 5.56 Å². The van der Waals surface area contributed by atoms with Crippen LogP contribution in [0.2, 0.25) is 0 Å². The third-order valence-electron chi connectivity index (χ3n) is 2.88. The lowest BCUT2D eigenvalue weighted by Gasteiger charge is -2.19. The fourth-order valence-corrected chi connectivity index (χ4v) is 1.80. The van der Waals surface area contributed by atoms with Crippen molar-refractivity contribution in [3.8, 4) is 11.1 Å². The third-order valence-corrected chi connectivity index (χ3v) is 2.88. The molecule has 2 nitrogen and oxygen atoms in total. The first-order valence-corrected chi connectivity index (χ1v) is 5.77. The van der Waals surface area contributed by atoms with E-state index in [0.29, 0.717) is 5.56 Å². The summed E-state index contributed by atoms with van der Waals surface area (Å²) in [5, 5.41) is 0. The highest BCUT2D eigenvalue weighted by atomic mass is 16.1. The molecule has 0 atom stereocenters. The smallest absolute Gasteiger partial charge is 0.255 e. The van der Waals surface area contributed by atoms with Gasteiger partial charge in [0.15, 0.2) is 0 Å². The maximum Gasteiger partial charge on any atom is 0.255 e. The van der Waals surface area contributed by atoms with Gasteiger partial charge in [0.25, 0.3) is 5.56 Å². The molecule has 2 rings (SSSR count). The predicted molar refractivity (Wildman–Crippen MR) is 71.2 cm³/mol. The van der Waals surface area contributed by atoms with Gasteiger partial charge in [-0.05, 0) is 28.7 Å². The van der Waals surface area contributed by atoms with E-state index in [0.717, 1.165) is 5.56 Å². The molecule has 2 aromatic rings. The van der Waals surface area contributed by atoms with Crippen LogP contribution in [0.15, 0.2) is 47.4 Å². The van der Waals surface area contributed by atoms with E-state index >= 15 is 0 Å². The minimum Gasteiger partial charge on any atom is -0.329 e. The third kappa shape index (κ3) is 2.47. The quantitative estimate of drug-likeness (QED) is 0.796. The molecular formula is C15H17NO. The molecule has 0 amide bonds. The largest absolute Gasteiger partial charge is 0.329 e. The Kier molecular flexibility index (Phi) is 2.88. The summed E-state index contributed by atoms with van der Waals surface area (Å²) in [5.41, 5.74) is 3.04. The molecule has 0 saturated carbocycles. The lowest BCUT2D eigenvalue weighted by atomic mass is 9.86. The molecule has 0 bridgehead atoms. The van der Waals surface area contributed by atoms with Crippen molar-refractivity contribution in [3.63, 3.8) is 0 Å². The van der Waals surface area contributed by atoms with Gasteiger partial charge in [0.05, 0.1) is 0 Å². The van der Waals surface area contributed by atoms with Gasteiger partial charge in [0.1, 0.15) is 0 Å². The van der Waals surface area contributed by atoms with E-state index in [4.69, 9.17) is 0 Å². The first-order valence-electron chi connectivity index (χ1n) is 5.77.